The smallest absolute Gasteiger partial charge is 0.236 e. The summed E-state index contributed by atoms with van der Waals surface area (Å²) in [4.78, 5) is 16.7. The van der Waals surface area contributed by atoms with E-state index in [-0.39, 0.29) is 0 Å². The second-order valence-electron chi connectivity index (χ2n) is 6.48. The van der Waals surface area contributed by atoms with Crippen molar-refractivity contribution in [3.63, 3.8) is 0 Å². The molecular weight excluding hydrogens is 250 g/mol. The fourth-order valence-corrected chi connectivity index (χ4v) is 3.53. The van der Waals surface area contributed by atoms with Crippen LogP contribution in [0, 0.1) is 5.92 Å². The van der Waals surface area contributed by atoms with Gasteiger partial charge in [0.25, 0.3) is 0 Å². The molecule has 116 valence electrons. The van der Waals surface area contributed by atoms with Gasteiger partial charge in [-0.3, -0.25) is 9.69 Å². The number of carbonyl (C=O) groups excluding carboxylic acids is 1. The van der Waals surface area contributed by atoms with Crippen LogP contribution in [0.2, 0.25) is 0 Å². The average molecular weight is 281 g/mol. The first-order valence-corrected chi connectivity index (χ1v) is 8.39. The van der Waals surface area contributed by atoms with Gasteiger partial charge in [-0.05, 0) is 51.6 Å². The Kier molecular flexibility index (Phi) is 6.30. The van der Waals surface area contributed by atoms with E-state index in [1.807, 2.05) is 4.90 Å². The van der Waals surface area contributed by atoms with Crippen LogP contribution in [0.4, 0.5) is 0 Å². The zero-order valence-corrected chi connectivity index (χ0v) is 13.2. The number of hydrogen-bond acceptors (Lipinski definition) is 3. The summed E-state index contributed by atoms with van der Waals surface area (Å²) in [7, 11) is 2.13. The lowest BCUT2D eigenvalue weighted by molar-refractivity contribution is -0.132. The van der Waals surface area contributed by atoms with Crippen LogP contribution < -0.4 is 5.32 Å². The maximum absolute atomic E-state index is 12.4. The van der Waals surface area contributed by atoms with Crippen LogP contribution in [0.5, 0.6) is 0 Å². The van der Waals surface area contributed by atoms with Crippen LogP contribution in [-0.2, 0) is 4.79 Å². The lowest BCUT2D eigenvalue weighted by Gasteiger charge is -2.35. The molecule has 1 heterocycles. The highest BCUT2D eigenvalue weighted by Gasteiger charge is 2.25. The van der Waals surface area contributed by atoms with E-state index in [1.54, 1.807) is 0 Å². The first kappa shape index (κ1) is 15.8. The molecule has 1 aliphatic carbocycles. The van der Waals surface area contributed by atoms with Gasteiger partial charge >= 0.3 is 0 Å². The lowest BCUT2D eigenvalue weighted by atomic mass is 9.84. The Morgan fingerprint density at radius 3 is 2.65 bits per heavy atom. The van der Waals surface area contributed by atoms with Crippen molar-refractivity contribution in [3.8, 4) is 0 Å². The van der Waals surface area contributed by atoms with Crippen molar-refractivity contribution in [2.75, 3.05) is 39.8 Å². The number of hydrogen-bond donors (Lipinski definition) is 1. The summed E-state index contributed by atoms with van der Waals surface area (Å²) in [5.41, 5.74) is 0. The maximum Gasteiger partial charge on any atom is 0.236 e. The van der Waals surface area contributed by atoms with Crippen LogP contribution in [0.3, 0.4) is 0 Å². The molecule has 4 nitrogen and oxygen atoms in total. The van der Waals surface area contributed by atoms with E-state index in [4.69, 9.17) is 0 Å². The summed E-state index contributed by atoms with van der Waals surface area (Å²) in [6.07, 6.45) is 7.61. The topological polar surface area (TPSA) is 35.6 Å². The molecule has 0 bridgehead atoms. The minimum Gasteiger partial charge on any atom is -0.340 e. The zero-order valence-electron chi connectivity index (χ0n) is 13.2. The van der Waals surface area contributed by atoms with Crippen LogP contribution in [-0.4, -0.2) is 61.5 Å². The number of nitrogens with one attached hydrogen (secondary N) is 1. The highest BCUT2D eigenvalue weighted by molar-refractivity contribution is 5.78. The highest BCUT2D eigenvalue weighted by Crippen LogP contribution is 2.28. The molecule has 4 heteroatoms. The van der Waals surface area contributed by atoms with E-state index >= 15 is 0 Å². The van der Waals surface area contributed by atoms with Gasteiger partial charge in [0.1, 0.15) is 0 Å². The Hall–Kier alpha value is -0.610. The van der Waals surface area contributed by atoms with E-state index < -0.39 is 0 Å². The Bertz CT molecular complexity index is 292. The molecule has 20 heavy (non-hydrogen) atoms. The van der Waals surface area contributed by atoms with Gasteiger partial charge in [0.05, 0.1) is 6.54 Å². The van der Waals surface area contributed by atoms with Crippen molar-refractivity contribution < 1.29 is 4.79 Å². The molecule has 1 N–H and O–H groups in total. The normalized spacial score (nSPS) is 28.4. The molecular formula is C16H31N3O. The fraction of sp³-hybridized carbons (Fsp3) is 0.938. The van der Waals surface area contributed by atoms with Gasteiger partial charge in [0, 0.05) is 25.7 Å². The Balaban J connectivity index is 1.75. The summed E-state index contributed by atoms with van der Waals surface area (Å²) in [5.74, 6) is 1.24. The van der Waals surface area contributed by atoms with Gasteiger partial charge in [0.15, 0.2) is 0 Å². The quantitative estimate of drug-likeness (QED) is 0.852. The van der Waals surface area contributed by atoms with Crippen LogP contribution in [0.15, 0.2) is 0 Å². The standard InChI is InChI=1S/C16H31N3O/c1-3-14-5-7-15(8-6-14)18(2)13-16(20)19-11-4-9-17-10-12-19/h14-15,17H,3-13H2,1-2H3. The van der Waals surface area contributed by atoms with Crippen LogP contribution in [0.25, 0.3) is 0 Å². The predicted molar refractivity (Wildman–Crippen MR) is 82.7 cm³/mol. The number of carbonyl (C=O) groups is 1. The van der Waals surface area contributed by atoms with Gasteiger partial charge in [-0.15, -0.1) is 0 Å². The highest BCUT2D eigenvalue weighted by atomic mass is 16.2. The van der Waals surface area contributed by atoms with E-state index in [2.05, 4.69) is 24.2 Å². The number of rotatable bonds is 4. The van der Waals surface area contributed by atoms with Gasteiger partial charge in [-0.2, -0.15) is 0 Å². The molecule has 0 radical (unpaired) electrons. The first-order valence-electron chi connectivity index (χ1n) is 8.39. The molecule has 1 aliphatic heterocycles. The summed E-state index contributed by atoms with van der Waals surface area (Å²) in [6, 6.07) is 0.617. The largest absolute Gasteiger partial charge is 0.340 e. The zero-order chi connectivity index (χ0) is 14.4. The Morgan fingerprint density at radius 2 is 1.95 bits per heavy atom. The summed E-state index contributed by atoms with van der Waals surface area (Å²) >= 11 is 0. The van der Waals surface area contributed by atoms with E-state index in [1.165, 1.54) is 32.1 Å². The molecule has 1 saturated carbocycles. The first-order chi connectivity index (χ1) is 9.70. The predicted octanol–water partition coefficient (Wildman–Crippen LogP) is 1.71. The molecule has 1 saturated heterocycles. The van der Waals surface area contributed by atoms with Crippen molar-refractivity contribution in [1.82, 2.24) is 15.1 Å². The summed E-state index contributed by atoms with van der Waals surface area (Å²) in [6.45, 7) is 6.67. The van der Waals surface area contributed by atoms with Crippen molar-refractivity contribution in [3.05, 3.63) is 0 Å². The number of amides is 1. The summed E-state index contributed by atoms with van der Waals surface area (Å²) in [5, 5.41) is 3.35. The van der Waals surface area contributed by atoms with Crippen LogP contribution in [0.1, 0.15) is 45.4 Å². The van der Waals surface area contributed by atoms with E-state index in [0.29, 0.717) is 18.5 Å². The molecule has 2 fully saturated rings. The molecule has 0 unspecified atom stereocenters. The minimum atomic E-state index is 0.314. The second kappa shape index (κ2) is 7.99. The number of likely N-dealkylation sites (N-methyl/N-ethyl adjacent to an activating group) is 1. The summed E-state index contributed by atoms with van der Waals surface area (Å²) < 4.78 is 0. The van der Waals surface area contributed by atoms with Gasteiger partial charge < -0.3 is 10.2 Å². The monoisotopic (exact) mass is 281 g/mol. The molecule has 0 aromatic carbocycles. The maximum atomic E-state index is 12.4. The van der Waals surface area contributed by atoms with Crippen molar-refractivity contribution in [1.29, 1.82) is 0 Å². The van der Waals surface area contributed by atoms with Crippen LogP contribution >= 0.6 is 0 Å². The Morgan fingerprint density at radius 1 is 1.20 bits per heavy atom. The fourth-order valence-electron chi connectivity index (χ4n) is 3.53. The molecule has 1 amide bonds. The van der Waals surface area contributed by atoms with Crippen molar-refractivity contribution in [2.45, 2.75) is 51.5 Å². The van der Waals surface area contributed by atoms with Gasteiger partial charge in [-0.1, -0.05) is 13.3 Å². The van der Waals surface area contributed by atoms with Crippen molar-refractivity contribution >= 4 is 5.91 Å². The molecule has 0 spiro atoms. The third-order valence-electron chi connectivity index (χ3n) is 5.09. The molecule has 2 rings (SSSR count). The number of nitrogens with zero attached hydrogens (tertiary/aromatic N) is 2. The molecule has 0 aromatic rings. The SMILES string of the molecule is CCC1CCC(N(C)CC(=O)N2CCCNCC2)CC1. The average Bonchev–Trinajstić information content (AvgIpc) is 2.76. The second-order valence-corrected chi connectivity index (χ2v) is 6.48. The van der Waals surface area contributed by atoms with E-state index in [0.717, 1.165) is 38.5 Å². The lowest BCUT2D eigenvalue weighted by Crippen LogP contribution is -2.44. The Labute approximate surface area is 123 Å². The minimum absolute atomic E-state index is 0.314. The third-order valence-corrected chi connectivity index (χ3v) is 5.09. The third kappa shape index (κ3) is 4.45. The van der Waals surface area contributed by atoms with Crippen molar-refractivity contribution in [2.24, 2.45) is 5.92 Å². The van der Waals surface area contributed by atoms with Gasteiger partial charge in [-0.25, -0.2) is 0 Å². The van der Waals surface area contributed by atoms with E-state index in [9.17, 15) is 4.79 Å². The molecule has 0 aromatic heterocycles. The van der Waals surface area contributed by atoms with Gasteiger partial charge in [0.2, 0.25) is 5.91 Å². The molecule has 0 atom stereocenters. The molecule has 2 aliphatic rings.